The first-order chi connectivity index (χ1) is 10.8. The summed E-state index contributed by atoms with van der Waals surface area (Å²) in [6, 6.07) is 10.3. The fourth-order valence-electron chi connectivity index (χ4n) is 4.29. The molecule has 23 heavy (non-hydrogen) atoms. The fourth-order valence-corrected chi connectivity index (χ4v) is 4.29. The van der Waals surface area contributed by atoms with Gasteiger partial charge in [0.1, 0.15) is 0 Å². The number of para-hydroxylation sites is 1. The molecule has 3 nitrogen and oxygen atoms in total. The van der Waals surface area contributed by atoms with Crippen LogP contribution in [0.1, 0.15) is 24.5 Å². The lowest BCUT2D eigenvalue weighted by Gasteiger charge is -2.50. The predicted octanol–water partition coefficient (Wildman–Crippen LogP) is 3.59. The lowest BCUT2D eigenvalue weighted by atomic mass is 9.73. The molecule has 5 rings (SSSR count). The summed E-state index contributed by atoms with van der Waals surface area (Å²) in [5, 5.41) is 12.1. The van der Waals surface area contributed by atoms with Crippen LogP contribution in [0.15, 0.2) is 49.2 Å². The third kappa shape index (κ3) is 2.78. The molecule has 4 heterocycles. The third-order valence-corrected chi connectivity index (χ3v) is 5.52. The van der Waals surface area contributed by atoms with Crippen LogP contribution >= 0.6 is 12.4 Å². The SMILES string of the molecule is C=C[C@@H]1CN2CC[C@H]1C[C@H]2[C@H](O)c1ccnc2ccccc12.Cl. The van der Waals surface area contributed by atoms with Gasteiger partial charge in [-0.3, -0.25) is 9.88 Å². The number of nitrogens with zero attached hydrogens (tertiary/aromatic N) is 2. The summed E-state index contributed by atoms with van der Waals surface area (Å²) in [6.07, 6.45) is 5.76. The van der Waals surface area contributed by atoms with Gasteiger partial charge in [0.05, 0.1) is 11.6 Å². The first-order valence-corrected chi connectivity index (χ1v) is 8.16. The number of aliphatic hydroxyl groups excluding tert-OH is 1. The molecule has 0 spiro atoms. The van der Waals surface area contributed by atoms with Crippen molar-refractivity contribution in [2.24, 2.45) is 11.8 Å². The summed E-state index contributed by atoms with van der Waals surface area (Å²) < 4.78 is 0. The first-order valence-electron chi connectivity index (χ1n) is 8.16. The van der Waals surface area contributed by atoms with E-state index < -0.39 is 6.10 Å². The number of hydrogen-bond donors (Lipinski definition) is 1. The second-order valence-electron chi connectivity index (χ2n) is 6.61. The Morgan fingerprint density at radius 3 is 2.87 bits per heavy atom. The van der Waals surface area contributed by atoms with E-state index in [2.05, 4.69) is 28.6 Å². The smallest absolute Gasteiger partial charge is 0.0952 e. The summed E-state index contributed by atoms with van der Waals surface area (Å²) in [4.78, 5) is 6.86. The largest absolute Gasteiger partial charge is 0.387 e. The van der Waals surface area contributed by atoms with E-state index in [-0.39, 0.29) is 18.4 Å². The Labute approximate surface area is 143 Å². The van der Waals surface area contributed by atoms with Gasteiger partial charge in [0, 0.05) is 24.2 Å². The summed E-state index contributed by atoms with van der Waals surface area (Å²) in [7, 11) is 0. The van der Waals surface area contributed by atoms with Crippen LogP contribution in [0, 0.1) is 11.8 Å². The van der Waals surface area contributed by atoms with Crippen molar-refractivity contribution < 1.29 is 5.11 Å². The van der Waals surface area contributed by atoms with Crippen LogP contribution in [-0.2, 0) is 0 Å². The summed E-state index contributed by atoms with van der Waals surface area (Å²) >= 11 is 0. The number of aromatic nitrogens is 1. The van der Waals surface area contributed by atoms with E-state index >= 15 is 0 Å². The van der Waals surface area contributed by atoms with E-state index in [4.69, 9.17) is 0 Å². The quantitative estimate of drug-likeness (QED) is 0.874. The number of benzene rings is 1. The monoisotopic (exact) mass is 330 g/mol. The molecule has 0 radical (unpaired) electrons. The number of rotatable bonds is 3. The maximum atomic E-state index is 11.0. The van der Waals surface area contributed by atoms with Crippen LogP contribution in [0.25, 0.3) is 10.9 Å². The number of pyridine rings is 1. The van der Waals surface area contributed by atoms with E-state index in [1.807, 2.05) is 30.5 Å². The van der Waals surface area contributed by atoms with Crippen molar-refractivity contribution in [3.63, 3.8) is 0 Å². The molecule has 0 aliphatic carbocycles. The molecule has 1 unspecified atom stereocenters. The minimum Gasteiger partial charge on any atom is -0.387 e. The van der Waals surface area contributed by atoms with Gasteiger partial charge >= 0.3 is 0 Å². The van der Waals surface area contributed by atoms with Crippen LogP contribution in [-0.4, -0.2) is 34.1 Å². The van der Waals surface area contributed by atoms with Crippen LogP contribution in [0.4, 0.5) is 0 Å². The fraction of sp³-hybridized carbons (Fsp3) is 0.421. The Kier molecular flexibility index (Phi) is 4.72. The van der Waals surface area contributed by atoms with E-state index in [0.29, 0.717) is 11.8 Å². The van der Waals surface area contributed by atoms with E-state index in [1.165, 1.54) is 6.42 Å². The first kappa shape index (κ1) is 16.4. The van der Waals surface area contributed by atoms with Gasteiger partial charge in [-0.25, -0.2) is 0 Å². The molecular formula is C19H23ClN2O. The molecule has 2 bridgehead atoms. The summed E-state index contributed by atoms with van der Waals surface area (Å²) in [5.74, 6) is 1.27. The minimum absolute atomic E-state index is 0. The van der Waals surface area contributed by atoms with Crippen molar-refractivity contribution >= 4 is 23.3 Å². The van der Waals surface area contributed by atoms with Crippen LogP contribution in [0.5, 0.6) is 0 Å². The zero-order valence-corrected chi connectivity index (χ0v) is 14.0. The number of hydrogen-bond acceptors (Lipinski definition) is 3. The molecule has 1 aromatic carbocycles. The molecule has 2 aromatic rings. The maximum absolute atomic E-state index is 11.0. The van der Waals surface area contributed by atoms with Crippen molar-refractivity contribution in [2.75, 3.05) is 13.1 Å². The Morgan fingerprint density at radius 2 is 2.13 bits per heavy atom. The van der Waals surface area contributed by atoms with Crippen LogP contribution < -0.4 is 0 Å². The second-order valence-corrected chi connectivity index (χ2v) is 6.61. The lowest BCUT2D eigenvalue weighted by molar-refractivity contribution is -0.0444. The Hall–Kier alpha value is -1.42. The van der Waals surface area contributed by atoms with E-state index in [0.717, 1.165) is 36.0 Å². The average Bonchev–Trinajstić information content (AvgIpc) is 2.60. The van der Waals surface area contributed by atoms with Gasteiger partial charge in [0.2, 0.25) is 0 Å². The molecule has 3 saturated heterocycles. The highest BCUT2D eigenvalue weighted by Crippen LogP contribution is 2.41. The van der Waals surface area contributed by atoms with Crippen molar-refractivity contribution in [1.29, 1.82) is 0 Å². The molecule has 3 aliphatic heterocycles. The minimum atomic E-state index is -0.443. The van der Waals surface area contributed by atoms with Gasteiger partial charge in [0.15, 0.2) is 0 Å². The van der Waals surface area contributed by atoms with E-state index in [9.17, 15) is 5.11 Å². The zero-order chi connectivity index (χ0) is 15.1. The molecule has 4 heteroatoms. The average molecular weight is 331 g/mol. The number of halogens is 1. The highest BCUT2D eigenvalue weighted by atomic mass is 35.5. The molecule has 1 aromatic heterocycles. The maximum Gasteiger partial charge on any atom is 0.0952 e. The van der Waals surface area contributed by atoms with Crippen molar-refractivity contribution in [3.8, 4) is 0 Å². The van der Waals surface area contributed by atoms with E-state index in [1.54, 1.807) is 0 Å². The van der Waals surface area contributed by atoms with Crippen molar-refractivity contribution in [1.82, 2.24) is 9.88 Å². The molecule has 3 fully saturated rings. The van der Waals surface area contributed by atoms with Gasteiger partial charge in [-0.05, 0) is 48.9 Å². The summed E-state index contributed by atoms with van der Waals surface area (Å²) in [6.45, 7) is 6.11. The number of fused-ring (bicyclic) bond motifs is 4. The zero-order valence-electron chi connectivity index (χ0n) is 13.1. The topological polar surface area (TPSA) is 36.4 Å². The Balaban J connectivity index is 0.00000156. The molecule has 122 valence electrons. The third-order valence-electron chi connectivity index (χ3n) is 5.52. The molecule has 1 N–H and O–H groups in total. The van der Waals surface area contributed by atoms with Gasteiger partial charge in [-0.2, -0.15) is 0 Å². The lowest BCUT2D eigenvalue weighted by Crippen LogP contribution is -2.54. The van der Waals surface area contributed by atoms with Gasteiger partial charge < -0.3 is 5.11 Å². The van der Waals surface area contributed by atoms with Gasteiger partial charge in [-0.15, -0.1) is 19.0 Å². The van der Waals surface area contributed by atoms with Gasteiger partial charge in [-0.1, -0.05) is 24.3 Å². The highest BCUT2D eigenvalue weighted by Gasteiger charge is 2.42. The number of piperidine rings is 3. The van der Waals surface area contributed by atoms with Crippen LogP contribution in [0.2, 0.25) is 0 Å². The predicted molar refractivity (Wildman–Crippen MR) is 95.7 cm³/mol. The molecule has 5 atom stereocenters. The molecule has 3 aliphatic rings. The van der Waals surface area contributed by atoms with Crippen LogP contribution in [0.3, 0.4) is 0 Å². The van der Waals surface area contributed by atoms with Crippen molar-refractivity contribution in [3.05, 3.63) is 54.7 Å². The second kappa shape index (κ2) is 6.60. The van der Waals surface area contributed by atoms with Gasteiger partial charge in [0.25, 0.3) is 0 Å². The molecule has 0 amide bonds. The standard InChI is InChI=1S/C19H22N2O.ClH/c1-2-13-12-21-10-8-14(13)11-18(21)19(22)16-7-9-20-17-6-4-3-5-15(16)17;/h2-7,9,13-14,18-19,22H,1,8,10-12H2;1H/t13-,14+,18+,19-;/m1./s1. The molecular weight excluding hydrogens is 308 g/mol. The number of aliphatic hydroxyl groups is 1. The van der Waals surface area contributed by atoms with Crippen molar-refractivity contribution in [2.45, 2.75) is 25.0 Å². The Bertz CT molecular complexity index is 699. The highest BCUT2D eigenvalue weighted by molar-refractivity contribution is 5.85. The molecule has 0 saturated carbocycles. The summed E-state index contributed by atoms with van der Waals surface area (Å²) in [5.41, 5.74) is 1.97. The normalized spacial score (nSPS) is 30.7. The Morgan fingerprint density at radius 1 is 1.30 bits per heavy atom.